The molecule has 0 aliphatic heterocycles. The normalized spacial score (nSPS) is 12.1. The van der Waals surface area contributed by atoms with Crippen molar-refractivity contribution in [3.05, 3.63) is 41.2 Å². The lowest BCUT2D eigenvalue weighted by molar-refractivity contribution is -0.138. The van der Waals surface area contributed by atoms with Crippen molar-refractivity contribution in [2.45, 2.75) is 47.1 Å². The fourth-order valence-electron chi connectivity index (χ4n) is 2.38. The lowest BCUT2D eigenvalue weighted by Gasteiger charge is -2.20. The van der Waals surface area contributed by atoms with Crippen LogP contribution in [0.3, 0.4) is 0 Å². The summed E-state index contributed by atoms with van der Waals surface area (Å²) in [5.74, 6) is -0.412. The average Bonchev–Trinajstić information content (AvgIpc) is 2.68. The highest BCUT2D eigenvalue weighted by molar-refractivity contribution is 5.96. The third kappa shape index (κ3) is 10.1. The third-order valence-electron chi connectivity index (χ3n) is 3.74. The van der Waals surface area contributed by atoms with E-state index in [-0.39, 0.29) is 31.2 Å². The second-order valence-corrected chi connectivity index (χ2v) is 7.89. The van der Waals surface area contributed by atoms with Crippen molar-refractivity contribution in [1.29, 1.82) is 0 Å². The van der Waals surface area contributed by atoms with Crippen LogP contribution in [0.25, 0.3) is 6.08 Å². The number of nitrogens with one attached hydrogen (secondary N) is 2. The van der Waals surface area contributed by atoms with Gasteiger partial charge in [-0.1, -0.05) is 0 Å². The molecule has 0 fully saturated rings. The van der Waals surface area contributed by atoms with Crippen LogP contribution < -0.4 is 15.4 Å². The molecule has 0 aliphatic carbocycles. The molecular weight excluding hydrogens is 419 g/mol. The van der Waals surface area contributed by atoms with Crippen LogP contribution in [0.5, 0.6) is 5.75 Å². The number of carbonyl (C=O) groups is 3. The zero-order valence-electron chi connectivity index (χ0n) is 19.3. The van der Waals surface area contributed by atoms with Gasteiger partial charge in [0.25, 0.3) is 0 Å². The second-order valence-electron chi connectivity index (χ2n) is 7.89. The Labute approximate surface area is 187 Å². The van der Waals surface area contributed by atoms with Crippen LogP contribution in [0.4, 0.5) is 14.9 Å². The quantitative estimate of drug-likeness (QED) is 0.428. The monoisotopic (exact) mass is 450 g/mol. The Hall–Kier alpha value is -3.36. The van der Waals surface area contributed by atoms with Gasteiger partial charge in [-0.25, -0.2) is 14.0 Å². The van der Waals surface area contributed by atoms with E-state index < -0.39 is 17.7 Å². The minimum Gasteiger partial charge on any atom is -0.489 e. The van der Waals surface area contributed by atoms with Crippen LogP contribution in [-0.4, -0.2) is 43.3 Å². The van der Waals surface area contributed by atoms with Crippen LogP contribution in [0.15, 0.2) is 35.7 Å². The van der Waals surface area contributed by atoms with Gasteiger partial charge in [-0.05, 0) is 58.4 Å². The average molecular weight is 451 g/mol. The third-order valence-corrected chi connectivity index (χ3v) is 3.74. The summed E-state index contributed by atoms with van der Waals surface area (Å²) < 4.78 is 28.9. The molecule has 2 amide bonds. The largest absolute Gasteiger partial charge is 0.489 e. The molecule has 0 radical (unpaired) electrons. The first-order chi connectivity index (χ1) is 14.9. The zero-order chi connectivity index (χ0) is 24.3. The fourth-order valence-corrected chi connectivity index (χ4v) is 2.38. The van der Waals surface area contributed by atoms with Gasteiger partial charge in [-0.2, -0.15) is 0 Å². The smallest absolute Gasteiger partial charge is 0.407 e. The summed E-state index contributed by atoms with van der Waals surface area (Å²) in [6, 6.07) is 4.83. The van der Waals surface area contributed by atoms with Gasteiger partial charge in [0.1, 0.15) is 18.0 Å². The number of hydrogen-bond acceptors (Lipinski definition) is 6. The number of benzene rings is 1. The Balaban J connectivity index is 2.88. The summed E-state index contributed by atoms with van der Waals surface area (Å²) in [7, 11) is 0. The molecule has 32 heavy (non-hydrogen) atoms. The van der Waals surface area contributed by atoms with Crippen LogP contribution in [-0.2, 0) is 19.1 Å². The van der Waals surface area contributed by atoms with E-state index >= 15 is 0 Å². The molecule has 1 aromatic carbocycles. The Bertz CT molecular complexity index is 887. The van der Waals surface area contributed by atoms with Crippen molar-refractivity contribution >= 4 is 29.7 Å². The number of ether oxygens (including phenoxy) is 3. The van der Waals surface area contributed by atoms with Gasteiger partial charge in [0.2, 0.25) is 5.91 Å². The number of esters is 1. The highest BCUT2D eigenvalue weighted by atomic mass is 19.1. The van der Waals surface area contributed by atoms with E-state index in [0.29, 0.717) is 28.9 Å². The predicted octanol–water partition coefficient (Wildman–Crippen LogP) is 4.37. The Kier molecular flexibility index (Phi) is 10.4. The van der Waals surface area contributed by atoms with Crippen molar-refractivity contribution in [2.24, 2.45) is 0 Å². The maximum atomic E-state index is 13.2. The summed E-state index contributed by atoms with van der Waals surface area (Å²) in [4.78, 5) is 35.2. The molecule has 0 unspecified atom stereocenters. The molecule has 0 heterocycles. The number of amides is 2. The molecule has 0 atom stereocenters. The molecule has 9 heteroatoms. The number of rotatable bonds is 9. The van der Waals surface area contributed by atoms with E-state index in [1.165, 1.54) is 6.92 Å². The molecule has 0 saturated heterocycles. The first-order valence-electron chi connectivity index (χ1n) is 10.1. The number of halogens is 1. The molecule has 176 valence electrons. The highest BCUT2D eigenvalue weighted by Gasteiger charge is 2.16. The molecule has 0 aromatic heterocycles. The fraction of sp³-hybridized carbons (Fsp3) is 0.435. The number of carbonyl (C=O) groups excluding carboxylic acids is 3. The summed E-state index contributed by atoms with van der Waals surface area (Å²) in [6.07, 6.45) is 1.27. The van der Waals surface area contributed by atoms with Gasteiger partial charge in [0.15, 0.2) is 0 Å². The van der Waals surface area contributed by atoms with Crippen molar-refractivity contribution in [1.82, 2.24) is 5.32 Å². The second kappa shape index (κ2) is 12.5. The molecule has 2 N–H and O–H groups in total. The molecule has 0 aliphatic rings. The molecule has 1 aromatic rings. The Morgan fingerprint density at radius 2 is 1.84 bits per heavy atom. The van der Waals surface area contributed by atoms with Crippen molar-refractivity contribution < 1.29 is 33.0 Å². The standard InChI is InChI=1S/C23H31FN2O6/c1-7-30-21(28)15(2)10-18-8-9-19(11-20(18)26-16(3)27)31-14-17(12-24)13-25-22(29)32-23(4,5)6/h8-12H,7,13-14H2,1-6H3,(H,25,29)(H,26,27)/b15-10+,17-12+. The molecule has 0 saturated carbocycles. The Morgan fingerprint density at radius 3 is 2.41 bits per heavy atom. The summed E-state index contributed by atoms with van der Waals surface area (Å²) in [6.45, 7) is 9.86. The van der Waals surface area contributed by atoms with E-state index in [1.807, 2.05) is 0 Å². The van der Waals surface area contributed by atoms with E-state index in [2.05, 4.69) is 10.6 Å². The van der Waals surface area contributed by atoms with Gasteiger partial charge in [0, 0.05) is 30.7 Å². The molecule has 0 spiro atoms. The van der Waals surface area contributed by atoms with E-state index in [4.69, 9.17) is 14.2 Å². The van der Waals surface area contributed by atoms with Gasteiger partial charge >= 0.3 is 12.1 Å². The topological polar surface area (TPSA) is 103 Å². The van der Waals surface area contributed by atoms with Gasteiger partial charge in [-0.3, -0.25) is 4.79 Å². The first kappa shape index (κ1) is 26.7. The summed E-state index contributed by atoms with van der Waals surface area (Å²) in [5.41, 5.74) is 0.867. The van der Waals surface area contributed by atoms with Crippen molar-refractivity contribution in [3.63, 3.8) is 0 Å². The van der Waals surface area contributed by atoms with Crippen LogP contribution in [0, 0.1) is 0 Å². The minimum atomic E-state index is -0.669. The van der Waals surface area contributed by atoms with E-state index in [0.717, 1.165) is 0 Å². The molecule has 8 nitrogen and oxygen atoms in total. The van der Waals surface area contributed by atoms with E-state index in [1.54, 1.807) is 58.9 Å². The SMILES string of the molecule is CCOC(=O)/C(C)=C/c1ccc(OC/C(=C/F)CNC(=O)OC(C)(C)C)cc1NC(C)=O. The van der Waals surface area contributed by atoms with E-state index in [9.17, 15) is 18.8 Å². The lowest BCUT2D eigenvalue weighted by Crippen LogP contribution is -2.34. The predicted molar refractivity (Wildman–Crippen MR) is 120 cm³/mol. The Morgan fingerprint density at radius 1 is 1.16 bits per heavy atom. The maximum Gasteiger partial charge on any atom is 0.407 e. The molecular formula is C23H31FN2O6. The first-order valence-corrected chi connectivity index (χ1v) is 10.1. The van der Waals surface area contributed by atoms with Crippen LogP contribution in [0.1, 0.15) is 47.1 Å². The van der Waals surface area contributed by atoms with Crippen molar-refractivity contribution in [2.75, 3.05) is 25.1 Å². The number of hydrogen-bond donors (Lipinski definition) is 2. The van der Waals surface area contributed by atoms with Crippen molar-refractivity contribution in [3.8, 4) is 5.75 Å². The van der Waals surface area contributed by atoms with Gasteiger partial charge in [-0.15, -0.1) is 0 Å². The summed E-state index contributed by atoms with van der Waals surface area (Å²) >= 11 is 0. The van der Waals surface area contributed by atoms with Gasteiger partial charge in [0.05, 0.1) is 18.6 Å². The lowest BCUT2D eigenvalue weighted by atomic mass is 10.1. The van der Waals surface area contributed by atoms with Gasteiger partial charge < -0.3 is 24.8 Å². The minimum absolute atomic E-state index is 0.0937. The summed E-state index contributed by atoms with van der Waals surface area (Å²) in [5, 5.41) is 5.13. The van der Waals surface area contributed by atoms with Crippen LogP contribution >= 0.6 is 0 Å². The maximum absolute atomic E-state index is 13.2. The van der Waals surface area contributed by atoms with Crippen LogP contribution in [0.2, 0.25) is 0 Å². The molecule has 0 bridgehead atoms. The highest BCUT2D eigenvalue weighted by Crippen LogP contribution is 2.25. The molecule has 1 rings (SSSR count). The zero-order valence-corrected chi connectivity index (χ0v) is 19.3. The number of anilines is 1. The number of alkyl carbamates (subject to hydrolysis) is 1.